The lowest BCUT2D eigenvalue weighted by molar-refractivity contribution is 0.229. The third-order valence-electron chi connectivity index (χ3n) is 3.23. The molecule has 0 heterocycles. The van der Waals surface area contributed by atoms with Crippen LogP contribution in [0, 0.1) is 17.8 Å². The molecule has 2 heteroatoms. The van der Waals surface area contributed by atoms with Crippen molar-refractivity contribution in [1.82, 2.24) is 0 Å². The maximum atomic E-state index is 5.97. The number of benzene rings is 1. The molecule has 0 radical (unpaired) electrons. The predicted molar refractivity (Wildman–Crippen MR) is 94.8 cm³/mol. The zero-order valence-electron chi connectivity index (χ0n) is 15.1. The average molecular weight is 304 g/mol. The summed E-state index contributed by atoms with van der Waals surface area (Å²) in [5.74, 6) is 3.28. The zero-order valence-corrected chi connectivity index (χ0v) is 15.1. The molecule has 0 aliphatic carbocycles. The first-order valence-electron chi connectivity index (χ1n) is 8.43. The van der Waals surface area contributed by atoms with Gasteiger partial charge in [-0.05, 0) is 48.8 Å². The van der Waals surface area contributed by atoms with Gasteiger partial charge in [0.25, 0.3) is 0 Å². The van der Waals surface area contributed by atoms with Gasteiger partial charge >= 0.3 is 0 Å². The Morgan fingerprint density at radius 2 is 1.50 bits per heavy atom. The third-order valence-corrected chi connectivity index (χ3v) is 3.23. The van der Waals surface area contributed by atoms with Crippen LogP contribution in [0.1, 0.15) is 47.1 Å². The van der Waals surface area contributed by atoms with Crippen molar-refractivity contribution in [3.05, 3.63) is 35.9 Å². The van der Waals surface area contributed by atoms with Crippen LogP contribution in [0.25, 0.3) is 0 Å². The molecule has 1 unspecified atom stereocenters. The molecule has 0 spiro atoms. The fourth-order valence-electron chi connectivity index (χ4n) is 2.19. The van der Waals surface area contributed by atoms with Crippen LogP contribution in [-0.2, 0) is 6.42 Å². The molecular formula is C20H32O2. The highest BCUT2D eigenvalue weighted by Crippen LogP contribution is 2.30. The van der Waals surface area contributed by atoms with E-state index in [0.29, 0.717) is 31.0 Å². The average Bonchev–Trinajstić information content (AvgIpc) is 2.44. The lowest BCUT2D eigenvalue weighted by Crippen LogP contribution is -2.09. The molecule has 2 nitrogen and oxygen atoms in total. The molecule has 0 amide bonds. The first-order chi connectivity index (χ1) is 10.4. The quantitative estimate of drug-likeness (QED) is 0.560. The molecule has 1 atom stereocenters. The summed E-state index contributed by atoms with van der Waals surface area (Å²) in [6.07, 6.45) is 5.37. The maximum Gasteiger partial charge on any atom is 0.161 e. The zero-order chi connectivity index (χ0) is 16.5. The molecule has 0 bridgehead atoms. The van der Waals surface area contributed by atoms with E-state index in [-0.39, 0.29) is 0 Å². The van der Waals surface area contributed by atoms with Crippen molar-refractivity contribution < 1.29 is 9.47 Å². The summed E-state index contributed by atoms with van der Waals surface area (Å²) in [4.78, 5) is 0. The normalized spacial score (nSPS) is 13.1. The van der Waals surface area contributed by atoms with Crippen LogP contribution >= 0.6 is 0 Å². The number of hydrogen-bond donors (Lipinski definition) is 0. The van der Waals surface area contributed by atoms with E-state index >= 15 is 0 Å². The Labute approximate surface area is 136 Å². The van der Waals surface area contributed by atoms with Gasteiger partial charge in [0.1, 0.15) is 0 Å². The van der Waals surface area contributed by atoms with E-state index in [4.69, 9.17) is 9.47 Å². The summed E-state index contributed by atoms with van der Waals surface area (Å²) in [5.41, 5.74) is 1.29. The van der Waals surface area contributed by atoms with E-state index in [1.165, 1.54) is 5.56 Å². The smallest absolute Gasteiger partial charge is 0.161 e. The lowest BCUT2D eigenvalue weighted by atomic mass is 10.0. The maximum absolute atomic E-state index is 5.97. The Kier molecular flexibility index (Phi) is 8.08. The first-order valence-corrected chi connectivity index (χ1v) is 8.43. The van der Waals surface area contributed by atoms with Crippen LogP contribution in [0.5, 0.6) is 11.5 Å². The second-order valence-electron chi connectivity index (χ2n) is 6.90. The largest absolute Gasteiger partial charge is 0.489 e. The fourth-order valence-corrected chi connectivity index (χ4v) is 2.19. The Morgan fingerprint density at radius 3 is 2.05 bits per heavy atom. The summed E-state index contributed by atoms with van der Waals surface area (Å²) in [6, 6.07) is 6.34. The summed E-state index contributed by atoms with van der Waals surface area (Å²) in [5, 5.41) is 0. The van der Waals surface area contributed by atoms with Gasteiger partial charge in [0.05, 0.1) is 13.2 Å². The number of rotatable bonds is 9. The van der Waals surface area contributed by atoms with Crippen molar-refractivity contribution >= 4 is 0 Å². The second kappa shape index (κ2) is 9.55. The Hall–Kier alpha value is -1.44. The van der Waals surface area contributed by atoms with E-state index in [2.05, 4.69) is 71.9 Å². The highest BCUT2D eigenvalue weighted by atomic mass is 16.5. The lowest BCUT2D eigenvalue weighted by Gasteiger charge is -2.17. The molecule has 1 aromatic carbocycles. The minimum absolute atomic E-state index is 0.503. The van der Waals surface area contributed by atoms with Crippen molar-refractivity contribution in [2.45, 2.75) is 48.0 Å². The van der Waals surface area contributed by atoms with E-state index in [9.17, 15) is 0 Å². The van der Waals surface area contributed by atoms with Crippen molar-refractivity contribution in [3.8, 4) is 11.5 Å². The van der Waals surface area contributed by atoms with Crippen LogP contribution in [0.3, 0.4) is 0 Å². The van der Waals surface area contributed by atoms with Crippen LogP contribution in [0.4, 0.5) is 0 Å². The number of ether oxygens (including phenoxy) is 2. The second-order valence-corrected chi connectivity index (χ2v) is 6.90. The van der Waals surface area contributed by atoms with Gasteiger partial charge in [0, 0.05) is 0 Å². The van der Waals surface area contributed by atoms with E-state index in [1.54, 1.807) is 0 Å². The summed E-state index contributed by atoms with van der Waals surface area (Å²) in [6.45, 7) is 14.4. The molecule has 124 valence electrons. The molecule has 1 aromatic rings. The van der Waals surface area contributed by atoms with Crippen molar-refractivity contribution in [1.29, 1.82) is 0 Å². The third kappa shape index (κ3) is 7.02. The van der Waals surface area contributed by atoms with Gasteiger partial charge in [-0.3, -0.25) is 0 Å². The molecule has 0 aromatic heterocycles. The molecule has 0 aliphatic rings. The van der Waals surface area contributed by atoms with Crippen molar-refractivity contribution in [2.75, 3.05) is 13.2 Å². The molecule has 0 N–H and O–H groups in total. The molecule has 0 saturated carbocycles. The highest BCUT2D eigenvalue weighted by Gasteiger charge is 2.10. The van der Waals surface area contributed by atoms with Gasteiger partial charge in [0.15, 0.2) is 11.5 Å². The summed E-state index contributed by atoms with van der Waals surface area (Å²) >= 11 is 0. The van der Waals surface area contributed by atoms with Crippen LogP contribution < -0.4 is 9.47 Å². The monoisotopic (exact) mass is 304 g/mol. The van der Waals surface area contributed by atoms with Crippen molar-refractivity contribution in [3.63, 3.8) is 0 Å². The molecule has 22 heavy (non-hydrogen) atoms. The minimum Gasteiger partial charge on any atom is -0.489 e. The van der Waals surface area contributed by atoms with Crippen LogP contribution in [-0.4, -0.2) is 13.2 Å². The van der Waals surface area contributed by atoms with Gasteiger partial charge in [-0.25, -0.2) is 0 Å². The SMILES string of the molecule is C/C=C\C(C)Cc1ccc(OCC(C)C)c(OCC(C)C)c1. The van der Waals surface area contributed by atoms with Crippen LogP contribution in [0.2, 0.25) is 0 Å². The van der Waals surface area contributed by atoms with Gasteiger partial charge in [-0.1, -0.05) is 52.8 Å². The topological polar surface area (TPSA) is 18.5 Å². The Bertz CT molecular complexity index is 461. The van der Waals surface area contributed by atoms with Gasteiger partial charge in [-0.15, -0.1) is 0 Å². The van der Waals surface area contributed by atoms with Crippen molar-refractivity contribution in [2.24, 2.45) is 17.8 Å². The molecule has 1 rings (SSSR count). The Balaban J connectivity index is 2.87. The molecule has 0 fully saturated rings. The van der Waals surface area contributed by atoms with E-state index in [0.717, 1.165) is 17.9 Å². The molecule has 0 saturated heterocycles. The Morgan fingerprint density at radius 1 is 0.909 bits per heavy atom. The molecule has 0 aliphatic heterocycles. The number of hydrogen-bond acceptors (Lipinski definition) is 2. The first kappa shape index (κ1) is 18.6. The van der Waals surface area contributed by atoms with Gasteiger partial charge in [-0.2, -0.15) is 0 Å². The standard InChI is InChI=1S/C20H32O2/c1-7-8-17(6)11-18-9-10-19(21-13-15(2)3)20(12-18)22-14-16(4)5/h7-10,12,15-17H,11,13-14H2,1-6H3/b8-7-. The minimum atomic E-state index is 0.503. The fraction of sp³-hybridized carbons (Fsp3) is 0.600. The summed E-state index contributed by atoms with van der Waals surface area (Å²) < 4.78 is 11.9. The van der Waals surface area contributed by atoms with E-state index < -0.39 is 0 Å². The van der Waals surface area contributed by atoms with Gasteiger partial charge < -0.3 is 9.47 Å². The van der Waals surface area contributed by atoms with E-state index in [1.807, 2.05) is 0 Å². The summed E-state index contributed by atoms with van der Waals surface area (Å²) in [7, 11) is 0. The van der Waals surface area contributed by atoms with Crippen LogP contribution in [0.15, 0.2) is 30.4 Å². The number of allylic oxidation sites excluding steroid dienone is 2. The molecular weight excluding hydrogens is 272 g/mol. The highest BCUT2D eigenvalue weighted by molar-refractivity contribution is 5.43. The van der Waals surface area contributed by atoms with Gasteiger partial charge in [0.2, 0.25) is 0 Å². The predicted octanol–water partition coefficient (Wildman–Crippen LogP) is 5.51.